The van der Waals surface area contributed by atoms with E-state index in [2.05, 4.69) is 170 Å². The molecule has 204 valence electrons. The highest BCUT2D eigenvalue weighted by Crippen LogP contribution is 2.46. The van der Waals surface area contributed by atoms with Crippen molar-refractivity contribution < 1.29 is 0 Å². The van der Waals surface area contributed by atoms with Gasteiger partial charge in [0.15, 0.2) is 0 Å². The second-order valence-electron chi connectivity index (χ2n) is 11.6. The second-order valence-corrected chi connectivity index (χ2v) is 11.6. The Morgan fingerprint density at radius 3 is 1.34 bits per heavy atom. The van der Waals surface area contributed by atoms with Crippen LogP contribution in [0.25, 0.3) is 87.2 Å². The van der Waals surface area contributed by atoms with Crippen LogP contribution in [0.1, 0.15) is 0 Å². The monoisotopic (exact) mass is 556 g/mol. The molecule has 0 fully saturated rings. The van der Waals surface area contributed by atoms with E-state index in [1.54, 1.807) is 0 Å². The molecule has 0 aliphatic rings. The number of hydrogen-bond acceptors (Lipinski definition) is 0. The molecule has 0 aliphatic heterocycles. The Kier molecular flexibility index (Phi) is 5.61. The Hall–Kier alpha value is -5.72. The molecule has 44 heavy (non-hydrogen) atoms. The Bertz CT molecular complexity index is 2550. The van der Waals surface area contributed by atoms with Gasteiger partial charge in [0.25, 0.3) is 0 Å². The maximum Gasteiger partial charge on any atom is -0.00201 e. The average molecular weight is 557 g/mol. The van der Waals surface area contributed by atoms with Crippen molar-refractivity contribution in [3.05, 3.63) is 170 Å². The highest BCUT2D eigenvalue weighted by molar-refractivity contribution is 6.19. The van der Waals surface area contributed by atoms with Crippen LogP contribution in [0.2, 0.25) is 0 Å². The minimum Gasteiger partial charge on any atom is -0.0616 e. The van der Waals surface area contributed by atoms with Crippen molar-refractivity contribution in [3.63, 3.8) is 0 Å². The van der Waals surface area contributed by atoms with E-state index in [0.717, 1.165) is 0 Å². The number of fused-ring (bicyclic) bond motifs is 7. The average Bonchev–Trinajstić information content (AvgIpc) is 3.10. The number of hydrogen-bond donors (Lipinski definition) is 0. The van der Waals surface area contributed by atoms with Crippen molar-refractivity contribution in [2.45, 2.75) is 0 Å². The number of rotatable bonds is 3. The Morgan fingerprint density at radius 2 is 0.614 bits per heavy atom. The topological polar surface area (TPSA) is 0 Å². The zero-order valence-corrected chi connectivity index (χ0v) is 24.2. The maximum absolute atomic E-state index is 2.35. The first-order valence-electron chi connectivity index (χ1n) is 15.3. The van der Waals surface area contributed by atoms with Crippen LogP contribution in [0.5, 0.6) is 0 Å². The van der Waals surface area contributed by atoms with Gasteiger partial charge in [0.05, 0.1) is 0 Å². The van der Waals surface area contributed by atoms with Crippen LogP contribution < -0.4 is 0 Å². The van der Waals surface area contributed by atoms with E-state index < -0.39 is 0 Å². The summed E-state index contributed by atoms with van der Waals surface area (Å²) < 4.78 is 0. The first-order chi connectivity index (χ1) is 21.8. The van der Waals surface area contributed by atoms with Gasteiger partial charge in [-0.1, -0.05) is 170 Å². The predicted octanol–water partition coefficient (Wildman–Crippen LogP) is 12.5. The van der Waals surface area contributed by atoms with Gasteiger partial charge in [0.2, 0.25) is 0 Å². The van der Waals surface area contributed by atoms with Gasteiger partial charge in [-0.25, -0.2) is 0 Å². The third kappa shape index (κ3) is 3.78. The van der Waals surface area contributed by atoms with E-state index in [9.17, 15) is 0 Å². The van der Waals surface area contributed by atoms with E-state index in [4.69, 9.17) is 0 Å². The minimum atomic E-state index is 1.25. The Labute approximate surface area is 256 Å². The Morgan fingerprint density at radius 1 is 0.182 bits per heavy atom. The molecular weight excluding hydrogens is 528 g/mol. The third-order valence-corrected chi connectivity index (χ3v) is 9.28. The van der Waals surface area contributed by atoms with Gasteiger partial charge in [0, 0.05) is 0 Å². The van der Waals surface area contributed by atoms with Gasteiger partial charge in [-0.2, -0.15) is 0 Å². The highest BCUT2D eigenvalue weighted by Gasteiger charge is 2.19. The molecule has 0 N–H and O–H groups in total. The molecule has 0 nitrogen and oxygen atoms in total. The molecule has 0 radical (unpaired) electrons. The first kappa shape index (κ1) is 24.8. The molecule has 0 amide bonds. The van der Waals surface area contributed by atoms with Crippen LogP contribution in [0.3, 0.4) is 0 Å². The van der Waals surface area contributed by atoms with E-state index in [0.29, 0.717) is 0 Å². The fourth-order valence-corrected chi connectivity index (χ4v) is 7.27. The van der Waals surface area contributed by atoms with Crippen molar-refractivity contribution in [1.29, 1.82) is 0 Å². The fourth-order valence-electron chi connectivity index (χ4n) is 7.27. The smallest absolute Gasteiger partial charge is 0.00201 e. The lowest BCUT2D eigenvalue weighted by atomic mass is 9.83. The summed E-state index contributed by atoms with van der Waals surface area (Å²) in [5, 5.41) is 12.7. The van der Waals surface area contributed by atoms with Gasteiger partial charge in [0.1, 0.15) is 0 Å². The van der Waals surface area contributed by atoms with Gasteiger partial charge >= 0.3 is 0 Å². The molecule has 0 heterocycles. The molecule has 0 unspecified atom stereocenters. The lowest BCUT2D eigenvalue weighted by Crippen LogP contribution is -1.93. The van der Waals surface area contributed by atoms with Crippen LogP contribution in [0.4, 0.5) is 0 Å². The highest BCUT2D eigenvalue weighted by atomic mass is 14.2. The van der Waals surface area contributed by atoms with Gasteiger partial charge < -0.3 is 0 Å². The fraction of sp³-hybridized carbons (Fsp3) is 0. The zero-order valence-electron chi connectivity index (χ0n) is 24.2. The minimum absolute atomic E-state index is 1.25. The van der Waals surface area contributed by atoms with E-state index >= 15 is 0 Å². The summed E-state index contributed by atoms with van der Waals surface area (Å²) in [5.74, 6) is 0. The standard InChI is InChI=1S/C44H28/c1-4-15-32-29(11-1)14-9-20-36(32)43-28-27-39-34-17-6-3-13-31(34)24-26-42(39)44(43)41-19-8-7-18-38(41)37-22-10-21-35-33-16-5-2-12-30(33)23-25-40(35)37/h1-28H. The predicted molar refractivity (Wildman–Crippen MR) is 190 cm³/mol. The van der Waals surface area contributed by atoms with Crippen molar-refractivity contribution >= 4 is 53.9 Å². The van der Waals surface area contributed by atoms with Crippen LogP contribution in [-0.2, 0) is 0 Å². The summed E-state index contributed by atoms with van der Waals surface area (Å²) in [4.78, 5) is 0. The normalized spacial score (nSPS) is 11.6. The summed E-state index contributed by atoms with van der Waals surface area (Å²) in [6, 6.07) is 62.4. The van der Waals surface area contributed by atoms with Crippen LogP contribution >= 0.6 is 0 Å². The largest absolute Gasteiger partial charge is 0.0616 e. The SMILES string of the molecule is c1ccc(-c2c(-c3cccc4ccccc34)ccc3c2ccc2ccccc23)c(-c2cccc3c2ccc2ccccc23)c1. The zero-order chi connectivity index (χ0) is 29.0. The molecule has 0 heteroatoms. The van der Waals surface area contributed by atoms with Crippen molar-refractivity contribution in [1.82, 2.24) is 0 Å². The molecule has 0 saturated carbocycles. The molecule has 9 aromatic rings. The first-order valence-corrected chi connectivity index (χ1v) is 15.3. The quantitative estimate of drug-likeness (QED) is 0.190. The van der Waals surface area contributed by atoms with Crippen LogP contribution in [0, 0.1) is 0 Å². The van der Waals surface area contributed by atoms with E-state index in [1.807, 2.05) is 0 Å². The van der Waals surface area contributed by atoms with E-state index in [-0.39, 0.29) is 0 Å². The lowest BCUT2D eigenvalue weighted by Gasteiger charge is -2.20. The van der Waals surface area contributed by atoms with Crippen molar-refractivity contribution in [2.24, 2.45) is 0 Å². The maximum atomic E-state index is 2.35. The molecule has 0 atom stereocenters. The second kappa shape index (κ2) is 9.93. The molecular formula is C44H28. The summed E-state index contributed by atoms with van der Waals surface area (Å²) in [6.45, 7) is 0. The summed E-state index contributed by atoms with van der Waals surface area (Å²) in [7, 11) is 0. The molecule has 9 rings (SSSR count). The third-order valence-electron chi connectivity index (χ3n) is 9.28. The molecule has 0 spiro atoms. The van der Waals surface area contributed by atoms with Gasteiger partial charge in [-0.15, -0.1) is 0 Å². The van der Waals surface area contributed by atoms with Crippen LogP contribution in [0.15, 0.2) is 170 Å². The molecule has 9 aromatic carbocycles. The van der Waals surface area contributed by atoms with Crippen molar-refractivity contribution in [2.75, 3.05) is 0 Å². The molecule has 0 bridgehead atoms. The summed E-state index contributed by atoms with van der Waals surface area (Å²) in [6.07, 6.45) is 0. The summed E-state index contributed by atoms with van der Waals surface area (Å²) >= 11 is 0. The number of benzene rings is 9. The van der Waals surface area contributed by atoms with Gasteiger partial charge in [-0.05, 0) is 87.2 Å². The lowest BCUT2D eigenvalue weighted by molar-refractivity contribution is 1.61. The summed E-state index contributed by atoms with van der Waals surface area (Å²) in [5.41, 5.74) is 7.53. The molecule has 0 saturated heterocycles. The molecule has 0 aliphatic carbocycles. The van der Waals surface area contributed by atoms with Crippen LogP contribution in [-0.4, -0.2) is 0 Å². The van der Waals surface area contributed by atoms with Gasteiger partial charge in [-0.3, -0.25) is 0 Å². The van der Waals surface area contributed by atoms with E-state index in [1.165, 1.54) is 87.2 Å². The van der Waals surface area contributed by atoms with Crippen molar-refractivity contribution in [3.8, 4) is 33.4 Å². The molecule has 0 aromatic heterocycles. The Balaban J connectivity index is 1.41.